The number of carbonyl (C=O) groups excluding carboxylic acids is 1. The van der Waals surface area contributed by atoms with Gasteiger partial charge in [0.05, 0.1) is 0 Å². The van der Waals surface area contributed by atoms with Crippen molar-refractivity contribution in [3.8, 4) is 0 Å². The zero-order chi connectivity index (χ0) is 14.4. The van der Waals surface area contributed by atoms with Crippen molar-refractivity contribution >= 4 is 11.9 Å². The highest BCUT2D eigenvalue weighted by atomic mass is 16.4. The van der Waals surface area contributed by atoms with Crippen molar-refractivity contribution in [3.05, 3.63) is 42.2 Å². The average Bonchev–Trinajstić information content (AvgIpc) is 2.97. The summed E-state index contributed by atoms with van der Waals surface area (Å²) in [5, 5.41) is 8.63. The molecule has 1 aromatic heterocycles. The standard InChI is InChI=1S/C15H18N2O3/c18-14(5-6-15(19)20)17(13-3-1-2-4-13)11-12-7-9-16-10-8-12/h5-10,13H,1-4,11H2,(H,19,20)/b6-5+. The zero-order valence-corrected chi connectivity index (χ0v) is 11.2. The van der Waals surface area contributed by atoms with Crippen molar-refractivity contribution < 1.29 is 14.7 Å². The van der Waals surface area contributed by atoms with E-state index in [1.807, 2.05) is 12.1 Å². The number of nitrogens with zero attached hydrogens (tertiary/aromatic N) is 2. The minimum atomic E-state index is -1.10. The molecule has 0 atom stereocenters. The van der Waals surface area contributed by atoms with Crippen LogP contribution in [0.4, 0.5) is 0 Å². The van der Waals surface area contributed by atoms with E-state index in [1.165, 1.54) is 0 Å². The minimum absolute atomic E-state index is 0.203. The van der Waals surface area contributed by atoms with Gasteiger partial charge < -0.3 is 10.0 Å². The molecule has 1 fully saturated rings. The van der Waals surface area contributed by atoms with E-state index < -0.39 is 5.97 Å². The fraction of sp³-hybridized carbons (Fsp3) is 0.400. The molecule has 0 aromatic carbocycles. The number of carboxylic acids is 1. The summed E-state index contributed by atoms with van der Waals surface area (Å²) in [5.74, 6) is -1.34. The van der Waals surface area contributed by atoms with Crippen LogP contribution in [0.2, 0.25) is 0 Å². The van der Waals surface area contributed by atoms with Gasteiger partial charge in [0, 0.05) is 37.1 Å². The molecule has 0 spiro atoms. The van der Waals surface area contributed by atoms with E-state index in [4.69, 9.17) is 5.11 Å². The van der Waals surface area contributed by atoms with Crippen LogP contribution in [0.15, 0.2) is 36.7 Å². The van der Waals surface area contributed by atoms with Gasteiger partial charge in [0.25, 0.3) is 0 Å². The third-order valence-electron chi connectivity index (χ3n) is 3.52. The first-order valence-electron chi connectivity index (χ1n) is 6.77. The second kappa shape index (κ2) is 6.84. The molecule has 0 saturated heterocycles. The quantitative estimate of drug-likeness (QED) is 0.834. The number of rotatable bonds is 5. The molecule has 1 aliphatic carbocycles. The number of aliphatic carboxylic acids is 1. The Morgan fingerprint density at radius 2 is 1.90 bits per heavy atom. The third-order valence-corrected chi connectivity index (χ3v) is 3.52. The Labute approximate surface area is 117 Å². The number of hydrogen-bond acceptors (Lipinski definition) is 3. The van der Waals surface area contributed by atoms with Gasteiger partial charge in [-0.1, -0.05) is 12.8 Å². The third kappa shape index (κ3) is 3.91. The fourth-order valence-corrected chi connectivity index (χ4v) is 2.53. The molecule has 1 heterocycles. The Morgan fingerprint density at radius 3 is 2.50 bits per heavy atom. The molecule has 0 bridgehead atoms. The maximum Gasteiger partial charge on any atom is 0.328 e. The van der Waals surface area contributed by atoms with E-state index in [0.717, 1.165) is 43.4 Å². The molecular weight excluding hydrogens is 256 g/mol. The largest absolute Gasteiger partial charge is 0.478 e. The molecule has 1 N–H and O–H groups in total. The molecule has 1 aliphatic rings. The zero-order valence-electron chi connectivity index (χ0n) is 11.2. The van der Waals surface area contributed by atoms with Crippen LogP contribution in [0.5, 0.6) is 0 Å². The summed E-state index contributed by atoms with van der Waals surface area (Å²) in [6.45, 7) is 0.496. The molecule has 5 heteroatoms. The maximum atomic E-state index is 12.2. The lowest BCUT2D eigenvalue weighted by Gasteiger charge is -2.28. The van der Waals surface area contributed by atoms with Gasteiger partial charge in [-0.3, -0.25) is 9.78 Å². The second-order valence-corrected chi connectivity index (χ2v) is 4.93. The van der Waals surface area contributed by atoms with Crippen LogP contribution in [0.3, 0.4) is 0 Å². The van der Waals surface area contributed by atoms with Crippen molar-refractivity contribution in [2.24, 2.45) is 0 Å². The van der Waals surface area contributed by atoms with Crippen LogP contribution in [-0.2, 0) is 16.1 Å². The summed E-state index contributed by atoms with van der Waals surface area (Å²) in [7, 11) is 0. The van der Waals surface area contributed by atoms with Crippen LogP contribution < -0.4 is 0 Å². The molecule has 2 rings (SSSR count). The van der Waals surface area contributed by atoms with Crippen LogP contribution in [0.25, 0.3) is 0 Å². The lowest BCUT2D eigenvalue weighted by atomic mass is 10.1. The predicted octanol–water partition coefficient (Wildman–Crippen LogP) is 1.99. The van der Waals surface area contributed by atoms with Crippen molar-refractivity contribution in [3.63, 3.8) is 0 Å². The van der Waals surface area contributed by atoms with E-state index in [2.05, 4.69) is 4.98 Å². The topological polar surface area (TPSA) is 70.5 Å². The maximum absolute atomic E-state index is 12.2. The smallest absolute Gasteiger partial charge is 0.328 e. The number of amides is 1. The summed E-state index contributed by atoms with van der Waals surface area (Å²) >= 11 is 0. The number of carboxylic acid groups (broad SMARTS) is 1. The summed E-state index contributed by atoms with van der Waals surface area (Å²) in [4.78, 5) is 28.5. The minimum Gasteiger partial charge on any atom is -0.478 e. The molecule has 1 amide bonds. The summed E-state index contributed by atoms with van der Waals surface area (Å²) < 4.78 is 0. The second-order valence-electron chi connectivity index (χ2n) is 4.93. The van der Waals surface area contributed by atoms with Gasteiger partial charge in [0.2, 0.25) is 5.91 Å². The molecular formula is C15H18N2O3. The molecule has 1 saturated carbocycles. The number of aromatic nitrogens is 1. The van der Waals surface area contributed by atoms with Gasteiger partial charge in [-0.2, -0.15) is 0 Å². The van der Waals surface area contributed by atoms with E-state index in [9.17, 15) is 9.59 Å². The van der Waals surface area contributed by atoms with Crippen molar-refractivity contribution in [2.45, 2.75) is 38.3 Å². The summed E-state index contributed by atoms with van der Waals surface area (Å²) in [5.41, 5.74) is 1.00. The summed E-state index contributed by atoms with van der Waals surface area (Å²) in [6.07, 6.45) is 9.63. The van der Waals surface area contributed by atoms with Crippen LogP contribution in [0.1, 0.15) is 31.2 Å². The van der Waals surface area contributed by atoms with E-state index in [0.29, 0.717) is 6.54 Å². The number of pyridine rings is 1. The number of hydrogen-bond donors (Lipinski definition) is 1. The van der Waals surface area contributed by atoms with Crippen molar-refractivity contribution in [1.29, 1.82) is 0 Å². The molecule has 0 unspecified atom stereocenters. The molecule has 1 aromatic rings. The Balaban J connectivity index is 2.12. The van der Waals surface area contributed by atoms with Gasteiger partial charge in [0.1, 0.15) is 0 Å². The highest BCUT2D eigenvalue weighted by Crippen LogP contribution is 2.25. The van der Waals surface area contributed by atoms with Crippen molar-refractivity contribution in [1.82, 2.24) is 9.88 Å². The fourth-order valence-electron chi connectivity index (χ4n) is 2.53. The summed E-state index contributed by atoms with van der Waals surface area (Å²) in [6, 6.07) is 3.95. The van der Waals surface area contributed by atoms with Gasteiger partial charge in [-0.25, -0.2) is 4.79 Å². The van der Waals surface area contributed by atoms with Gasteiger partial charge >= 0.3 is 5.97 Å². The Kier molecular flexibility index (Phi) is 4.87. The molecule has 0 radical (unpaired) electrons. The first kappa shape index (κ1) is 14.2. The predicted molar refractivity (Wildman–Crippen MR) is 73.8 cm³/mol. The molecule has 0 aliphatic heterocycles. The monoisotopic (exact) mass is 274 g/mol. The van der Waals surface area contributed by atoms with E-state index >= 15 is 0 Å². The lowest BCUT2D eigenvalue weighted by molar-refractivity contribution is -0.133. The van der Waals surface area contributed by atoms with Gasteiger partial charge in [-0.15, -0.1) is 0 Å². The van der Waals surface area contributed by atoms with Crippen LogP contribution in [-0.4, -0.2) is 32.9 Å². The van der Waals surface area contributed by atoms with Crippen LogP contribution >= 0.6 is 0 Å². The van der Waals surface area contributed by atoms with Gasteiger partial charge in [0.15, 0.2) is 0 Å². The highest BCUT2D eigenvalue weighted by Gasteiger charge is 2.25. The highest BCUT2D eigenvalue weighted by molar-refractivity contribution is 5.94. The average molecular weight is 274 g/mol. The SMILES string of the molecule is O=C(O)/C=C/C(=O)N(Cc1ccncc1)C1CCCC1. The van der Waals surface area contributed by atoms with Crippen LogP contribution in [0, 0.1) is 0 Å². The van der Waals surface area contributed by atoms with Gasteiger partial charge in [-0.05, 0) is 30.5 Å². The van der Waals surface area contributed by atoms with Crippen molar-refractivity contribution in [2.75, 3.05) is 0 Å². The molecule has 106 valence electrons. The molecule has 5 nitrogen and oxygen atoms in total. The Morgan fingerprint density at radius 1 is 1.25 bits per heavy atom. The Bertz CT molecular complexity index is 493. The first-order chi connectivity index (χ1) is 9.66. The first-order valence-corrected chi connectivity index (χ1v) is 6.77. The molecule has 20 heavy (non-hydrogen) atoms. The normalized spacial score (nSPS) is 15.6. The van der Waals surface area contributed by atoms with E-state index in [-0.39, 0.29) is 11.9 Å². The lowest BCUT2D eigenvalue weighted by Crippen LogP contribution is -2.37. The Hall–Kier alpha value is -2.17. The number of carbonyl (C=O) groups is 2. The van der Waals surface area contributed by atoms with E-state index in [1.54, 1.807) is 17.3 Å².